The number of halogens is 3. The Hall–Kier alpha value is -18.0. The molecule has 18 aromatic rings. The minimum Gasteiger partial charge on any atom is -0.365 e. The molecule has 17 aromatic heterocycles. The molecule has 0 atom stereocenters. The molecule has 12 N–H and O–H groups in total. The van der Waals surface area contributed by atoms with Gasteiger partial charge in [-0.25, -0.2) is 58.7 Å². The molecule has 0 unspecified atom stereocenters. The van der Waals surface area contributed by atoms with Crippen LogP contribution in [0.2, 0.25) is 0 Å². The smallest absolute Gasteiger partial charge is 0.268 e. The molecule has 0 saturated heterocycles. The summed E-state index contributed by atoms with van der Waals surface area (Å²) in [4.78, 5) is 129. The van der Waals surface area contributed by atoms with Crippen molar-refractivity contribution in [3.8, 4) is 59.2 Å². The van der Waals surface area contributed by atoms with Crippen LogP contribution < -0.4 is 34.4 Å². The van der Waals surface area contributed by atoms with Crippen LogP contribution in [-0.2, 0) is 4.79 Å². The molecule has 1 aromatic carbocycles. The molecule has 1 aliphatic rings. The average molecular weight is 1980 g/mol. The van der Waals surface area contributed by atoms with E-state index in [-0.39, 0.29) is 22.9 Å². The van der Waals surface area contributed by atoms with Gasteiger partial charge in [0.1, 0.15) is 73.8 Å². The number of nitrogens with zero attached hydrogens (tertiary/aromatic N) is 18. The highest BCUT2D eigenvalue weighted by Crippen LogP contribution is 2.36. The van der Waals surface area contributed by atoms with Gasteiger partial charge in [-0.1, -0.05) is 69.8 Å². The number of thiazole rings is 1. The number of primary amides is 6. The number of rotatable bonds is 9. The molecule has 0 saturated carbocycles. The van der Waals surface area contributed by atoms with Crippen LogP contribution in [0.4, 0.5) is 4.39 Å². The number of ketones is 1. The van der Waals surface area contributed by atoms with Crippen LogP contribution in [0.5, 0.6) is 0 Å². The summed E-state index contributed by atoms with van der Waals surface area (Å²) in [5.41, 5.74) is 52.7. The van der Waals surface area contributed by atoms with Crippen LogP contribution in [0, 0.1) is 107 Å². The highest BCUT2D eigenvalue weighted by atomic mass is 79.9. The molecular weight excluding hydrogens is 1900 g/mol. The van der Waals surface area contributed by atoms with Crippen molar-refractivity contribution in [2.75, 3.05) is 0 Å². The zero-order chi connectivity index (χ0) is 98.2. The quantitative estimate of drug-likeness (QED) is 0.0577. The van der Waals surface area contributed by atoms with Gasteiger partial charge in [0, 0.05) is 98.3 Å². The van der Waals surface area contributed by atoms with Gasteiger partial charge in [0.25, 0.3) is 35.4 Å². The molecule has 0 spiro atoms. The fourth-order valence-electron chi connectivity index (χ4n) is 13.1. The maximum Gasteiger partial charge on any atom is 0.268 e. The second-order valence-electron chi connectivity index (χ2n) is 30.3. The van der Waals surface area contributed by atoms with Crippen molar-refractivity contribution in [1.82, 2.24) is 87.0 Å². The summed E-state index contributed by atoms with van der Waals surface area (Å²) >= 11 is 8.34. The van der Waals surface area contributed by atoms with Crippen molar-refractivity contribution in [2.45, 2.75) is 74.1 Å². The number of pyridine rings is 10. The summed E-state index contributed by atoms with van der Waals surface area (Å²) in [6.45, 7) is 12.9. The van der Waals surface area contributed by atoms with E-state index in [1.165, 1.54) is 84.4 Å². The molecule has 19 rings (SSSR count). The van der Waals surface area contributed by atoms with E-state index in [2.05, 4.69) is 162 Å². The standard InChI is InChI=1S/C17H12N4O.C16H11FN4O.2C16H12N4O.C14H14BrN3O.C14H10N4OS.C10H10BrNO/c1-11-3-2-4-13(20-11)7-5-12-6-8-14-15(9-12)21-16(10-19-14)17(18)22;1-10-2-5-12(17)13(20-10)6-3-11-4-7-15-19-8-14(16(18)22)21(15)9-11;1-11-3-2-4-13(19-11)7-5-12-6-8-15-18-9-14(16(17)21)20(15)10-12;1-11-3-2-4-13(19-11)6-5-12-7-8-20-15(9-12)14(10-18-20)16(17)21;15-11-4-2-1-3-10(11)9-5-6-13-17-7-12(14(16)19)18(13)8-9;1-9-8-20-13(17-9)5-3-10-2-4-12-16-6-11(14(15)19)18(12)7-10;1-7-4-3-5-9(12-7)6-10(11)8(2)13/h2-4,6,8-10H,1H3,(H2,18,22);2,4-5,7-9H,1H3,(H2,18,22);2-4,6,8-10H,1H3,(H2,17,21);2-4,7-10H,1H3,(H2,17,21);5-8H,1-4H2,(H2,16,19);2,4,6-8H,1H3,(H2,15,19);3-6H,1-2H3/b;;;;;;10-6-. The average Bonchev–Trinajstić information content (AvgIpc) is 1.68. The Morgan fingerprint density at radius 3 is 1.34 bits per heavy atom. The van der Waals surface area contributed by atoms with E-state index in [1.54, 1.807) is 108 Å². The van der Waals surface area contributed by atoms with E-state index in [9.17, 15) is 38.0 Å². The monoisotopic (exact) mass is 1970 g/mol. The highest BCUT2D eigenvalue weighted by Gasteiger charge is 2.18. The molecule has 682 valence electrons. The minimum absolute atomic E-state index is 0.00306. The number of hydrogen-bond donors (Lipinski definition) is 6. The van der Waals surface area contributed by atoms with Crippen molar-refractivity contribution < 1.29 is 38.0 Å². The molecule has 17 heterocycles. The first-order valence-corrected chi connectivity index (χ1v) is 44.4. The third-order valence-electron chi connectivity index (χ3n) is 19.8. The Morgan fingerprint density at radius 2 is 0.870 bits per heavy atom. The molecule has 35 heteroatoms. The summed E-state index contributed by atoms with van der Waals surface area (Å²) in [6.07, 6.45) is 23.8. The van der Waals surface area contributed by atoms with E-state index >= 15 is 0 Å². The highest BCUT2D eigenvalue weighted by molar-refractivity contribution is 9.12. The normalized spacial score (nSPS) is 11.1. The number of carbonyl (C=O) groups excluding carboxylic acids is 7. The zero-order valence-electron chi connectivity index (χ0n) is 74.8. The number of hydrogen-bond acceptors (Lipinski definition) is 21. The summed E-state index contributed by atoms with van der Waals surface area (Å²) < 4.78 is 23.6. The van der Waals surface area contributed by atoms with E-state index in [4.69, 9.17) is 34.4 Å². The van der Waals surface area contributed by atoms with Crippen molar-refractivity contribution in [3.05, 3.63) is 387 Å². The first-order valence-electron chi connectivity index (χ1n) is 41.9. The van der Waals surface area contributed by atoms with Crippen LogP contribution in [0.3, 0.4) is 0 Å². The number of amides is 6. The van der Waals surface area contributed by atoms with Gasteiger partial charge in [-0.2, -0.15) is 5.10 Å². The molecule has 1 aliphatic carbocycles. The summed E-state index contributed by atoms with van der Waals surface area (Å²) in [5, 5.41) is 6.79. The summed E-state index contributed by atoms with van der Waals surface area (Å²) in [6, 6.07) is 49.4. The van der Waals surface area contributed by atoms with Gasteiger partial charge < -0.3 is 34.4 Å². The lowest BCUT2D eigenvalue weighted by atomic mass is 9.95. The Balaban J connectivity index is 0.000000136. The number of fused-ring (bicyclic) bond motifs is 6. The second-order valence-corrected chi connectivity index (χ2v) is 32.9. The van der Waals surface area contributed by atoms with E-state index in [0.29, 0.717) is 89.0 Å². The first-order chi connectivity index (χ1) is 66.3. The maximum atomic E-state index is 13.6. The molecule has 0 bridgehead atoms. The van der Waals surface area contributed by atoms with Gasteiger partial charge in [0.05, 0.1) is 69.5 Å². The number of benzene rings is 1. The molecule has 31 nitrogen and oxygen atoms in total. The lowest BCUT2D eigenvalue weighted by Crippen LogP contribution is -2.13. The fourth-order valence-corrected chi connectivity index (χ4v) is 14.7. The van der Waals surface area contributed by atoms with Crippen molar-refractivity contribution in [2.24, 2.45) is 34.4 Å². The molecular formula is C103H81Br2FN24O7S. The van der Waals surface area contributed by atoms with Crippen LogP contribution in [0.25, 0.3) is 50.8 Å². The lowest BCUT2D eigenvalue weighted by molar-refractivity contribution is -0.112. The Kier molecular flexibility index (Phi) is 32.1. The van der Waals surface area contributed by atoms with Crippen LogP contribution >= 0.6 is 43.2 Å². The first kappa shape index (κ1) is 97.6. The molecule has 0 fully saturated rings. The minimum atomic E-state index is -0.602. The number of allylic oxidation sites excluding steroid dienone is 3. The molecule has 0 radical (unpaired) electrons. The predicted octanol–water partition coefficient (Wildman–Crippen LogP) is 14.0. The fraction of sp³-hybridized carbons (Fsp3) is 0.107. The second kappa shape index (κ2) is 45.5. The van der Waals surface area contributed by atoms with E-state index in [1.807, 2.05) is 149 Å². The largest absolute Gasteiger partial charge is 0.365 e. The topological polar surface area (TPSA) is 465 Å². The Morgan fingerprint density at radius 1 is 0.413 bits per heavy atom. The number of nitrogens with two attached hydrogens (primary N) is 6. The van der Waals surface area contributed by atoms with Crippen molar-refractivity contribution in [3.63, 3.8) is 0 Å². The maximum absolute atomic E-state index is 13.6. The van der Waals surface area contributed by atoms with Gasteiger partial charge in [-0.05, 0) is 281 Å². The van der Waals surface area contributed by atoms with Crippen LogP contribution in [0.1, 0.15) is 196 Å². The van der Waals surface area contributed by atoms with Crippen LogP contribution in [-0.4, -0.2) is 128 Å². The van der Waals surface area contributed by atoms with Gasteiger partial charge >= 0.3 is 0 Å². The Bertz CT molecular complexity index is 8100. The van der Waals surface area contributed by atoms with Gasteiger partial charge in [0.2, 0.25) is 0 Å². The summed E-state index contributed by atoms with van der Waals surface area (Å²) in [5.74, 6) is 26.0. The third kappa shape index (κ3) is 26.3. The SMILES string of the molecule is CC(=O)/C(Br)=C/c1cccc(C)n1.Cc1ccc(F)c(C#Cc2ccc3ncc(C(N)=O)n3c2)n1.Cc1cccc(C#Cc2ccc3ncc(C(N)=O)n3c2)n1.Cc1cccc(C#Cc2ccc3ncc(C(N)=O)nc3c2)n1.Cc1cccc(C#Cc2ccn3ncc(C(N)=O)c3c2)n1.Cc1csc(C#Cc2ccc3ncc(C(N)=O)n3c2)n1.NC(=O)c1cnc2ccc(C3=C(Br)CCCC3)cn12. The summed E-state index contributed by atoms with van der Waals surface area (Å²) in [7, 11) is 0. The van der Waals surface area contributed by atoms with E-state index < -0.39 is 41.3 Å². The number of carbonyl (C=O) groups is 7. The Labute approximate surface area is 809 Å². The lowest BCUT2D eigenvalue weighted by Gasteiger charge is -2.17. The number of aryl methyl sites for hydroxylation is 6. The van der Waals surface area contributed by atoms with Gasteiger partial charge in [-0.15, -0.1) is 11.3 Å². The van der Waals surface area contributed by atoms with Crippen LogP contribution in [0.15, 0.2) is 246 Å². The molecule has 6 amide bonds. The third-order valence-corrected chi connectivity index (χ3v) is 22.3. The van der Waals surface area contributed by atoms with E-state index in [0.717, 1.165) is 85.5 Å². The number of imidazole rings is 4. The van der Waals surface area contributed by atoms with Gasteiger partial charge in [0.15, 0.2) is 16.6 Å². The number of aromatic nitrogens is 18. The van der Waals surface area contributed by atoms with Gasteiger partial charge in [-0.3, -0.25) is 61.1 Å². The molecule has 138 heavy (non-hydrogen) atoms. The van der Waals surface area contributed by atoms with Crippen molar-refractivity contribution in [1.29, 1.82) is 0 Å². The predicted molar refractivity (Wildman–Crippen MR) is 530 cm³/mol. The number of Topliss-reactive ketones (excluding diaryl/α,β-unsaturated/α-hetero) is 1. The van der Waals surface area contributed by atoms with Crippen molar-refractivity contribution >= 4 is 135 Å². The zero-order valence-corrected chi connectivity index (χ0v) is 78.8. The molecule has 0 aliphatic heterocycles.